The summed E-state index contributed by atoms with van der Waals surface area (Å²) in [6.07, 6.45) is 0.481. The lowest BCUT2D eigenvalue weighted by Crippen LogP contribution is -2.27. The minimum Gasteiger partial charge on any atom is -0.322 e. The van der Waals surface area contributed by atoms with Crippen LogP contribution >= 0.6 is 11.3 Å². The van der Waals surface area contributed by atoms with Gasteiger partial charge in [-0.25, -0.2) is 0 Å². The van der Waals surface area contributed by atoms with Crippen molar-refractivity contribution >= 4 is 17.1 Å². The van der Waals surface area contributed by atoms with Crippen molar-refractivity contribution in [2.45, 2.75) is 19.4 Å². The molecule has 2 nitrogen and oxygen atoms in total. The third-order valence-electron chi connectivity index (χ3n) is 1.44. The molecule has 0 fully saturated rings. The fourth-order valence-corrected chi connectivity index (χ4v) is 1.46. The molecule has 1 rings (SSSR count). The highest BCUT2D eigenvalue weighted by molar-refractivity contribution is 7.10. The fraction of sp³-hybridized carbons (Fsp3) is 0.375. The summed E-state index contributed by atoms with van der Waals surface area (Å²) < 4.78 is 0. The molecule has 0 saturated heterocycles. The molecule has 1 aromatic rings. The van der Waals surface area contributed by atoms with E-state index in [9.17, 15) is 4.79 Å². The van der Waals surface area contributed by atoms with Crippen LogP contribution in [0.2, 0.25) is 0 Å². The Morgan fingerprint density at radius 2 is 2.55 bits per heavy atom. The quantitative estimate of drug-likeness (QED) is 0.739. The van der Waals surface area contributed by atoms with Gasteiger partial charge in [0.2, 0.25) is 0 Å². The van der Waals surface area contributed by atoms with Crippen molar-refractivity contribution in [3.05, 3.63) is 22.4 Å². The molecule has 1 aromatic heterocycles. The smallest absolute Gasteiger partial charge is 0.154 e. The molecule has 11 heavy (non-hydrogen) atoms. The molecule has 0 aliphatic rings. The van der Waals surface area contributed by atoms with Gasteiger partial charge in [-0.15, -0.1) is 11.3 Å². The van der Waals surface area contributed by atoms with Gasteiger partial charge in [-0.05, 0) is 18.4 Å². The van der Waals surface area contributed by atoms with Crippen molar-refractivity contribution in [3.63, 3.8) is 0 Å². The van der Waals surface area contributed by atoms with Gasteiger partial charge in [0.25, 0.3) is 0 Å². The summed E-state index contributed by atoms with van der Waals surface area (Å²) in [5.41, 5.74) is 5.41. The Balaban J connectivity index is 2.50. The highest BCUT2D eigenvalue weighted by atomic mass is 32.1. The minimum absolute atomic E-state index is 0.104. The molecule has 0 bridgehead atoms. The van der Waals surface area contributed by atoms with E-state index in [4.69, 9.17) is 5.73 Å². The van der Waals surface area contributed by atoms with Crippen molar-refractivity contribution in [1.82, 2.24) is 0 Å². The van der Waals surface area contributed by atoms with E-state index in [1.54, 1.807) is 18.3 Å². The second-order valence-corrected chi connectivity index (χ2v) is 3.54. The third kappa shape index (κ3) is 2.44. The zero-order valence-corrected chi connectivity index (χ0v) is 7.23. The maximum Gasteiger partial charge on any atom is 0.154 e. The molecule has 0 amide bonds. The van der Waals surface area contributed by atoms with Gasteiger partial charge in [-0.3, -0.25) is 4.79 Å². The van der Waals surface area contributed by atoms with Gasteiger partial charge >= 0.3 is 0 Å². The van der Waals surface area contributed by atoms with Gasteiger partial charge in [0.15, 0.2) is 5.78 Å². The molecule has 1 heterocycles. The average molecular weight is 169 g/mol. The first-order chi connectivity index (χ1) is 5.20. The monoisotopic (exact) mass is 169 g/mol. The molecular formula is C8H11NOS. The number of hydrogen-bond acceptors (Lipinski definition) is 3. The molecule has 0 aromatic carbocycles. The second-order valence-electron chi connectivity index (χ2n) is 2.51. The first-order valence-electron chi connectivity index (χ1n) is 3.51. The Morgan fingerprint density at radius 3 is 3.00 bits per heavy atom. The summed E-state index contributed by atoms with van der Waals surface area (Å²) in [6.45, 7) is 1.72. The van der Waals surface area contributed by atoms with E-state index in [1.165, 1.54) is 0 Å². The Kier molecular flexibility index (Phi) is 2.79. The van der Waals surface area contributed by atoms with E-state index >= 15 is 0 Å². The Hall–Kier alpha value is -0.670. The number of carbonyl (C=O) groups excluding carboxylic acids is 1. The normalized spacial score (nSPS) is 12.9. The molecule has 0 aliphatic carbocycles. The first kappa shape index (κ1) is 8.43. The van der Waals surface area contributed by atoms with E-state index in [-0.39, 0.29) is 11.8 Å². The standard InChI is InChI=1S/C8H11NOS/c1-6(9)8(10)5-7-3-2-4-11-7/h2-4,6H,5,9H2,1H3/t6-/m0/s1. The van der Waals surface area contributed by atoms with Crippen LogP contribution in [0.5, 0.6) is 0 Å². The number of thiophene rings is 1. The van der Waals surface area contributed by atoms with Gasteiger partial charge in [-0.2, -0.15) is 0 Å². The second kappa shape index (κ2) is 3.64. The molecule has 2 N–H and O–H groups in total. The molecule has 0 radical (unpaired) electrons. The number of rotatable bonds is 3. The van der Waals surface area contributed by atoms with Gasteiger partial charge in [0, 0.05) is 11.3 Å². The predicted octanol–water partition coefficient (Wildman–Crippen LogP) is 1.21. The zero-order valence-electron chi connectivity index (χ0n) is 6.41. The van der Waals surface area contributed by atoms with Gasteiger partial charge in [0.1, 0.15) is 0 Å². The van der Waals surface area contributed by atoms with Crippen molar-refractivity contribution < 1.29 is 4.79 Å². The SMILES string of the molecule is C[C@H](N)C(=O)Cc1cccs1. The zero-order chi connectivity index (χ0) is 8.27. The molecule has 0 spiro atoms. The van der Waals surface area contributed by atoms with Crippen LogP contribution in [0, 0.1) is 0 Å². The van der Waals surface area contributed by atoms with Crippen LogP contribution in [-0.2, 0) is 11.2 Å². The van der Waals surface area contributed by atoms with E-state index in [0.717, 1.165) is 4.88 Å². The lowest BCUT2D eigenvalue weighted by Gasteiger charge is -2.00. The topological polar surface area (TPSA) is 43.1 Å². The van der Waals surface area contributed by atoms with Crippen molar-refractivity contribution in [2.24, 2.45) is 5.73 Å². The van der Waals surface area contributed by atoms with Crippen LogP contribution in [-0.4, -0.2) is 11.8 Å². The highest BCUT2D eigenvalue weighted by Gasteiger charge is 2.08. The number of ketones is 1. The van der Waals surface area contributed by atoms with Crippen LogP contribution in [0.25, 0.3) is 0 Å². The lowest BCUT2D eigenvalue weighted by atomic mass is 10.1. The fourth-order valence-electron chi connectivity index (χ4n) is 0.746. The third-order valence-corrected chi connectivity index (χ3v) is 2.31. The minimum atomic E-state index is -0.336. The van der Waals surface area contributed by atoms with Crippen molar-refractivity contribution in [1.29, 1.82) is 0 Å². The van der Waals surface area contributed by atoms with Crippen LogP contribution in [0.15, 0.2) is 17.5 Å². The maximum atomic E-state index is 11.1. The first-order valence-corrected chi connectivity index (χ1v) is 4.39. The van der Waals surface area contributed by atoms with Crippen molar-refractivity contribution in [3.8, 4) is 0 Å². The van der Waals surface area contributed by atoms with Crippen LogP contribution < -0.4 is 5.73 Å². The van der Waals surface area contributed by atoms with Gasteiger partial charge in [0.05, 0.1) is 6.04 Å². The summed E-state index contributed by atoms with van der Waals surface area (Å²) >= 11 is 1.59. The molecule has 1 atom stereocenters. The van der Waals surface area contributed by atoms with E-state index in [1.807, 2.05) is 17.5 Å². The number of hydrogen-bond donors (Lipinski definition) is 1. The largest absolute Gasteiger partial charge is 0.322 e. The number of nitrogens with two attached hydrogens (primary N) is 1. The average Bonchev–Trinajstić information content (AvgIpc) is 2.39. The summed E-state index contributed by atoms with van der Waals surface area (Å²) in [4.78, 5) is 12.2. The lowest BCUT2D eigenvalue weighted by molar-refractivity contribution is -0.119. The summed E-state index contributed by atoms with van der Waals surface area (Å²) in [7, 11) is 0. The van der Waals surface area contributed by atoms with Crippen LogP contribution in [0.3, 0.4) is 0 Å². The Morgan fingerprint density at radius 1 is 1.82 bits per heavy atom. The van der Waals surface area contributed by atoms with Crippen molar-refractivity contribution in [2.75, 3.05) is 0 Å². The maximum absolute atomic E-state index is 11.1. The molecule has 0 saturated carbocycles. The van der Waals surface area contributed by atoms with Crippen LogP contribution in [0.4, 0.5) is 0 Å². The number of Topliss-reactive ketones (excluding diaryl/α,β-unsaturated/α-hetero) is 1. The Labute approximate surface area is 70.0 Å². The van der Waals surface area contributed by atoms with E-state index < -0.39 is 0 Å². The van der Waals surface area contributed by atoms with E-state index in [2.05, 4.69) is 0 Å². The van der Waals surface area contributed by atoms with E-state index in [0.29, 0.717) is 6.42 Å². The van der Waals surface area contributed by atoms with Crippen LogP contribution in [0.1, 0.15) is 11.8 Å². The van der Waals surface area contributed by atoms with Gasteiger partial charge < -0.3 is 5.73 Å². The highest BCUT2D eigenvalue weighted by Crippen LogP contribution is 2.09. The molecule has 60 valence electrons. The summed E-state index contributed by atoms with van der Waals surface area (Å²) in [6, 6.07) is 3.55. The molecule has 3 heteroatoms. The molecule has 0 aliphatic heterocycles. The van der Waals surface area contributed by atoms with Gasteiger partial charge in [-0.1, -0.05) is 6.07 Å². The Bertz CT molecular complexity index is 228. The molecule has 0 unspecified atom stereocenters. The summed E-state index contributed by atoms with van der Waals surface area (Å²) in [5.74, 6) is 0.104. The predicted molar refractivity (Wildman–Crippen MR) is 46.7 cm³/mol. The summed E-state index contributed by atoms with van der Waals surface area (Å²) in [5, 5.41) is 1.96. The number of carbonyl (C=O) groups is 1. The molecular weight excluding hydrogens is 158 g/mol.